The fraction of sp³-hybridized carbons (Fsp3) is 0.136. The molecule has 1 unspecified atom stereocenters. The van der Waals surface area contributed by atoms with Crippen molar-refractivity contribution in [2.45, 2.75) is 19.4 Å². The lowest BCUT2D eigenvalue weighted by molar-refractivity contribution is -0.145. The van der Waals surface area contributed by atoms with Gasteiger partial charge in [0.05, 0.1) is 0 Å². The zero-order valence-electron chi connectivity index (χ0n) is 14.8. The number of hydrogen-bond acceptors (Lipinski definition) is 3. The third-order valence-electron chi connectivity index (χ3n) is 4.03. The first kappa shape index (κ1) is 18.8. The lowest BCUT2D eigenvalue weighted by Gasteiger charge is -2.18. The second-order valence-electron chi connectivity index (χ2n) is 6.08. The lowest BCUT2D eigenvalue weighted by Crippen LogP contribution is -2.29. The first-order chi connectivity index (χ1) is 13.0. The summed E-state index contributed by atoms with van der Waals surface area (Å²) in [5.74, 6) is 0.708. The molecule has 0 fully saturated rings. The van der Waals surface area contributed by atoms with Crippen LogP contribution < -0.4 is 9.47 Å². The lowest BCUT2D eigenvalue weighted by atomic mass is 10.1. The Morgan fingerprint density at radius 2 is 1.70 bits per heavy atom. The van der Waals surface area contributed by atoms with Crippen LogP contribution in [0.4, 0.5) is 0 Å². The number of aliphatic carboxylic acids is 1. The Balaban J connectivity index is 1.80. The molecule has 5 heteroatoms. The standard InChI is InChI=1S/C22H19ClO4/c1-15-13-18(11-12-19(15)23)27-21(22(24)25)14-16-7-5-6-10-20(16)26-17-8-3-2-4-9-17/h2-13,21H,14H2,1H3,(H,24,25). The van der Waals surface area contributed by atoms with Gasteiger partial charge in [0.1, 0.15) is 17.2 Å². The maximum absolute atomic E-state index is 11.7. The summed E-state index contributed by atoms with van der Waals surface area (Å²) in [6.07, 6.45) is -0.883. The molecule has 0 bridgehead atoms. The fourth-order valence-corrected chi connectivity index (χ4v) is 2.74. The summed E-state index contributed by atoms with van der Waals surface area (Å²) in [7, 11) is 0. The molecule has 0 aliphatic heterocycles. The maximum Gasteiger partial charge on any atom is 0.345 e. The highest BCUT2D eigenvalue weighted by molar-refractivity contribution is 6.31. The molecule has 0 amide bonds. The van der Waals surface area contributed by atoms with E-state index in [1.165, 1.54) is 0 Å². The molecular formula is C22H19ClO4. The second-order valence-corrected chi connectivity index (χ2v) is 6.49. The van der Waals surface area contributed by atoms with Gasteiger partial charge in [0.25, 0.3) is 0 Å². The number of carboxylic acid groups (broad SMARTS) is 1. The van der Waals surface area contributed by atoms with Crippen molar-refractivity contribution >= 4 is 17.6 Å². The van der Waals surface area contributed by atoms with Crippen LogP contribution in [0, 0.1) is 6.92 Å². The van der Waals surface area contributed by atoms with Crippen LogP contribution >= 0.6 is 11.6 Å². The smallest absolute Gasteiger partial charge is 0.345 e. The van der Waals surface area contributed by atoms with Crippen LogP contribution in [0.25, 0.3) is 0 Å². The zero-order valence-corrected chi connectivity index (χ0v) is 15.5. The fourth-order valence-electron chi connectivity index (χ4n) is 2.62. The van der Waals surface area contributed by atoms with Crippen LogP contribution in [0.15, 0.2) is 72.8 Å². The van der Waals surface area contributed by atoms with Crippen molar-refractivity contribution in [3.63, 3.8) is 0 Å². The molecule has 0 spiro atoms. The number of hydrogen-bond donors (Lipinski definition) is 1. The van der Waals surface area contributed by atoms with E-state index in [1.54, 1.807) is 18.2 Å². The first-order valence-corrected chi connectivity index (χ1v) is 8.87. The summed E-state index contributed by atoms with van der Waals surface area (Å²) < 4.78 is 11.6. The average molecular weight is 383 g/mol. The predicted molar refractivity (Wildman–Crippen MR) is 105 cm³/mol. The molecule has 0 saturated carbocycles. The largest absolute Gasteiger partial charge is 0.478 e. The molecule has 0 heterocycles. The second kappa shape index (κ2) is 8.60. The highest BCUT2D eigenvalue weighted by atomic mass is 35.5. The van der Waals surface area contributed by atoms with Crippen LogP contribution in [0.3, 0.4) is 0 Å². The minimum Gasteiger partial charge on any atom is -0.478 e. The van der Waals surface area contributed by atoms with Gasteiger partial charge in [-0.1, -0.05) is 48.0 Å². The Hall–Kier alpha value is -2.98. The van der Waals surface area contributed by atoms with Crippen LogP contribution in [-0.4, -0.2) is 17.2 Å². The van der Waals surface area contributed by atoms with Crippen LogP contribution in [-0.2, 0) is 11.2 Å². The summed E-state index contributed by atoms with van der Waals surface area (Å²) in [6.45, 7) is 1.84. The van der Waals surface area contributed by atoms with Gasteiger partial charge in [0, 0.05) is 11.4 Å². The first-order valence-electron chi connectivity index (χ1n) is 8.49. The van der Waals surface area contributed by atoms with Crippen molar-refractivity contribution in [1.82, 2.24) is 0 Å². The van der Waals surface area contributed by atoms with Gasteiger partial charge in [0.15, 0.2) is 6.10 Å². The van der Waals surface area contributed by atoms with Crippen molar-refractivity contribution in [2.75, 3.05) is 0 Å². The van der Waals surface area contributed by atoms with Gasteiger partial charge in [-0.25, -0.2) is 4.79 Å². The molecule has 27 heavy (non-hydrogen) atoms. The molecule has 1 N–H and O–H groups in total. The van der Waals surface area contributed by atoms with Gasteiger partial charge in [-0.05, 0) is 54.4 Å². The van der Waals surface area contributed by atoms with Gasteiger partial charge in [-0.3, -0.25) is 0 Å². The topological polar surface area (TPSA) is 55.8 Å². The highest BCUT2D eigenvalue weighted by Gasteiger charge is 2.22. The van der Waals surface area contributed by atoms with Crippen molar-refractivity contribution < 1.29 is 19.4 Å². The molecule has 4 nitrogen and oxygen atoms in total. The Bertz CT molecular complexity index is 925. The third kappa shape index (κ3) is 5.02. The SMILES string of the molecule is Cc1cc(OC(Cc2ccccc2Oc2ccccc2)C(=O)O)ccc1Cl. The molecule has 0 saturated heterocycles. The molecule has 3 aromatic rings. The Morgan fingerprint density at radius 1 is 1.00 bits per heavy atom. The number of benzene rings is 3. The predicted octanol–water partition coefficient (Wildman–Crippen LogP) is 5.52. The number of para-hydroxylation sites is 2. The molecule has 0 radical (unpaired) electrons. The molecule has 0 aliphatic carbocycles. The summed E-state index contributed by atoms with van der Waals surface area (Å²) in [4.78, 5) is 11.7. The summed E-state index contributed by atoms with van der Waals surface area (Å²) in [6, 6.07) is 21.8. The zero-order chi connectivity index (χ0) is 19.2. The third-order valence-corrected chi connectivity index (χ3v) is 4.46. The van der Waals surface area contributed by atoms with E-state index >= 15 is 0 Å². The average Bonchev–Trinajstić information content (AvgIpc) is 2.66. The highest BCUT2D eigenvalue weighted by Crippen LogP contribution is 2.28. The van der Waals surface area contributed by atoms with Crippen LogP contribution in [0.5, 0.6) is 17.2 Å². The normalized spacial score (nSPS) is 11.6. The molecule has 0 aromatic heterocycles. The van der Waals surface area contributed by atoms with Crippen molar-refractivity contribution in [1.29, 1.82) is 0 Å². The van der Waals surface area contributed by atoms with E-state index in [-0.39, 0.29) is 6.42 Å². The Labute approximate surface area is 162 Å². The van der Waals surface area contributed by atoms with Gasteiger partial charge in [-0.15, -0.1) is 0 Å². The molecule has 3 rings (SSSR count). The van der Waals surface area contributed by atoms with E-state index in [9.17, 15) is 9.90 Å². The molecule has 138 valence electrons. The summed E-state index contributed by atoms with van der Waals surface area (Å²) in [5.41, 5.74) is 1.57. The quantitative estimate of drug-likeness (QED) is 0.585. The van der Waals surface area contributed by atoms with E-state index < -0.39 is 12.1 Å². The van der Waals surface area contributed by atoms with E-state index in [1.807, 2.05) is 61.5 Å². The Kier molecular flexibility index (Phi) is 5.99. The number of halogens is 1. The van der Waals surface area contributed by atoms with Gasteiger partial charge in [-0.2, -0.15) is 0 Å². The van der Waals surface area contributed by atoms with Gasteiger partial charge >= 0.3 is 5.97 Å². The van der Waals surface area contributed by atoms with Crippen LogP contribution in [0.1, 0.15) is 11.1 Å². The maximum atomic E-state index is 11.7. The molecule has 1 atom stereocenters. The number of aryl methyl sites for hydroxylation is 1. The van der Waals surface area contributed by atoms with Crippen molar-refractivity contribution in [2.24, 2.45) is 0 Å². The summed E-state index contributed by atoms with van der Waals surface area (Å²) >= 11 is 6.02. The van der Waals surface area contributed by atoms with Gasteiger partial charge < -0.3 is 14.6 Å². The van der Waals surface area contributed by atoms with E-state index in [0.29, 0.717) is 22.3 Å². The van der Waals surface area contributed by atoms with E-state index in [2.05, 4.69) is 0 Å². The number of ether oxygens (including phenoxy) is 2. The van der Waals surface area contributed by atoms with E-state index in [0.717, 1.165) is 11.1 Å². The van der Waals surface area contributed by atoms with E-state index in [4.69, 9.17) is 21.1 Å². The minimum atomic E-state index is -1.05. The Morgan fingerprint density at radius 3 is 2.41 bits per heavy atom. The van der Waals surface area contributed by atoms with Crippen molar-refractivity contribution in [3.05, 3.63) is 88.9 Å². The molecule has 0 aliphatic rings. The number of rotatable bonds is 7. The minimum absolute atomic E-state index is 0.167. The number of carboxylic acids is 1. The summed E-state index contributed by atoms with van der Waals surface area (Å²) in [5, 5.41) is 10.2. The number of carbonyl (C=O) groups is 1. The molecular weight excluding hydrogens is 364 g/mol. The van der Waals surface area contributed by atoms with Crippen LogP contribution in [0.2, 0.25) is 5.02 Å². The molecule has 3 aromatic carbocycles. The van der Waals surface area contributed by atoms with Gasteiger partial charge in [0.2, 0.25) is 0 Å². The van der Waals surface area contributed by atoms with Crippen molar-refractivity contribution in [3.8, 4) is 17.2 Å². The monoisotopic (exact) mass is 382 g/mol.